The monoisotopic (exact) mass is 624 g/mol. The van der Waals surface area contributed by atoms with Crippen LogP contribution in [0.25, 0.3) is 11.1 Å². The van der Waals surface area contributed by atoms with Crippen LogP contribution in [0.5, 0.6) is 0 Å². The number of rotatable bonds is 10. The van der Waals surface area contributed by atoms with Crippen LogP contribution in [0.15, 0.2) is 71.7 Å². The lowest BCUT2D eigenvalue weighted by Crippen LogP contribution is -2.44. The lowest BCUT2D eigenvalue weighted by Gasteiger charge is -2.18. The molecule has 4 rings (SSSR count). The third kappa shape index (κ3) is 8.69. The van der Waals surface area contributed by atoms with Crippen LogP contribution in [0, 0.1) is 5.92 Å². The number of nitrogens with zero attached hydrogens (tertiary/aromatic N) is 1. The maximum atomic E-state index is 13.0. The molecule has 1 aliphatic heterocycles. The maximum Gasteiger partial charge on any atom is 0.320 e. The molecule has 3 aromatic rings. The molecule has 43 heavy (non-hydrogen) atoms. The lowest BCUT2D eigenvalue weighted by atomic mass is 10.0. The number of hydrogen-bond acceptors (Lipinski definition) is 8. The van der Waals surface area contributed by atoms with E-state index in [-0.39, 0.29) is 22.3 Å². The minimum atomic E-state index is -1.41. The normalized spacial score (nSPS) is 13.0. The molecule has 224 valence electrons. The number of carbonyl (C=O) groups excluding carboxylic acids is 4. The van der Waals surface area contributed by atoms with Gasteiger partial charge < -0.3 is 31.3 Å². The van der Waals surface area contributed by atoms with Crippen LogP contribution in [0.1, 0.15) is 16.8 Å². The Balaban J connectivity index is 1.32. The fourth-order valence-electron chi connectivity index (χ4n) is 4.16. The highest BCUT2D eigenvalue weighted by Gasteiger charge is 2.29. The van der Waals surface area contributed by atoms with Crippen molar-refractivity contribution < 1.29 is 23.9 Å². The molecule has 0 bridgehead atoms. The minimum absolute atomic E-state index is 0.114. The number of hydrogen-bond donors (Lipinski definition) is 5. The van der Waals surface area contributed by atoms with Gasteiger partial charge in [0.25, 0.3) is 5.91 Å². The largest absolute Gasteiger partial charge is 0.468 e. The highest BCUT2D eigenvalue weighted by Crippen LogP contribution is 2.36. The van der Waals surface area contributed by atoms with E-state index in [9.17, 15) is 19.2 Å². The smallest absolute Gasteiger partial charge is 0.320 e. The second-order valence-corrected chi connectivity index (χ2v) is 10.3. The summed E-state index contributed by atoms with van der Waals surface area (Å²) in [6.45, 7) is 0.743. The number of methoxy groups -OCH3 is 1. The Morgan fingerprint density at radius 1 is 0.953 bits per heavy atom. The molecule has 1 aliphatic rings. The van der Waals surface area contributed by atoms with E-state index in [1.165, 1.54) is 0 Å². The van der Waals surface area contributed by atoms with Crippen molar-refractivity contribution in [3.05, 3.63) is 82.3 Å². The zero-order valence-corrected chi connectivity index (χ0v) is 24.7. The molecule has 0 fully saturated rings. The second kappa shape index (κ2) is 15.0. The van der Waals surface area contributed by atoms with Crippen LogP contribution in [0.2, 0.25) is 10.0 Å². The van der Waals surface area contributed by atoms with Crippen LogP contribution >= 0.6 is 23.2 Å². The standard InChI is InChI=1S/C30H30Cl2N6O5/c1-43-29(42)22(28(41)38-26-23(31)14-20(15-24(26)32)18-7-3-2-4-8-18)16-35-25(39)17-36-27(40)19-9-5-10-21(13-19)37-30-33-11-6-12-34-30/h2-5,7-10,13-15,22H,6,11-12,16-17H2,1H3,(H,35,39)(H,36,40)(H,38,41)(H2,33,34,37)/t22-/m0/s1. The molecule has 11 nitrogen and oxygen atoms in total. The van der Waals surface area contributed by atoms with Gasteiger partial charge in [-0.3, -0.25) is 24.2 Å². The highest BCUT2D eigenvalue weighted by atomic mass is 35.5. The molecule has 0 radical (unpaired) electrons. The van der Waals surface area contributed by atoms with E-state index in [0.29, 0.717) is 23.8 Å². The first-order valence-corrected chi connectivity index (χ1v) is 14.1. The predicted octanol–water partition coefficient (Wildman–Crippen LogP) is 3.70. The molecule has 3 aromatic carbocycles. The molecule has 5 N–H and O–H groups in total. The van der Waals surface area contributed by atoms with Crippen LogP contribution in [-0.4, -0.2) is 62.9 Å². The van der Waals surface area contributed by atoms with Crippen molar-refractivity contribution in [1.82, 2.24) is 16.0 Å². The first kappa shape index (κ1) is 31.3. The summed E-state index contributed by atoms with van der Waals surface area (Å²) in [7, 11) is 1.12. The Kier molecular flexibility index (Phi) is 11.0. The summed E-state index contributed by atoms with van der Waals surface area (Å²) in [5.41, 5.74) is 2.72. The van der Waals surface area contributed by atoms with E-state index >= 15 is 0 Å². The molecule has 0 aliphatic carbocycles. The molecule has 0 spiro atoms. The van der Waals surface area contributed by atoms with Gasteiger partial charge in [-0.25, -0.2) is 0 Å². The van der Waals surface area contributed by atoms with Crippen molar-refractivity contribution in [3.8, 4) is 11.1 Å². The van der Waals surface area contributed by atoms with Crippen molar-refractivity contribution in [2.24, 2.45) is 10.9 Å². The van der Waals surface area contributed by atoms with Crippen molar-refractivity contribution in [2.45, 2.75) is 6.42 Å². The third-order valence-electron chi connectivity index (χ3n) is 6.40. The summed E-state index contributed by atoms with van der Waals surface area (Å²) in [5.74, 6) is -3.55. The third-order valence-corrected chi connectivity index (χ3v) is 6.99. The summed E-state index contributed by atoms with van der Waals surface area (Å²) in [6, 6.07) is 19.4. The van der Waals surface area contributed by atoms with Gasteiger partial charge in [-0.05, 0) is 47.9 Å². The van der Waals surface area contributed by atoms with E-state index < -0.39 is 36.2 Å². The van der Waals surface area contributed by atoms with Crippen molar-refractivity contribution >= 4 is 64.2 Å². The number of amides is 3. The Hall–Kier alpha value is -4.61. The Morgan fingerprint density at radius 3 is 2.37 bits per heavy atom. The predicted molar refractivity (Wildman–Crippen MR) is 166 cm³/mol. The van der Waals surface area contributed by atoms with E-state index in [0.717, 1.165) is 31.2 Å². The Bertz CT molecular complexity index is 1510. The number of carbonyl (C=O) groups is 4. The molecule has 1 heterocycles. The average molecular weight is 626 g/mol. The average Bonchev–Trinajstić information content (AvgIpc) is 3.02. The maximum absolute atomic E-state index is 13.0. The molecular weight excluding hydrogens is 595 g/mol. The van der Waals surface area contributed by atoms with E-state index in [1.54, 1.807) is 36.4 Å². The fourth-order valence-corrected chi connectivity index (χ4v) is 4.74. The number of aliphatic imine (C=N–C) groups is 1. The van der Waals surface area contributed by atoms with Gasteiger partial charge in [-0.1, -0.05) is 59.6 Å². The molecule has 0 saturated carbocycles. The number of ether oxygens (including phenoxy) is 1. The summed E-state index contributed by atoms with van der Waals surface area (Å²) in [4.78, 5) is 54.9. The van der Waals surface area contributed by atoms with Crippen LogP contribution in [0.3, 0.4) is 0 Å². The number of halogens is 2. The topological polar surface area (TPSA) is 150 Å². The van der Waals surface area contributed by atoms with Gasteiger partial charge in [-0.2, -0.15) is 0 Å². The summed E-state index contributed by atoms with van der Waals surface area (Å²) < 4.78 is 4.76. The zero-order valence-electron chi connectivity index (χ0n) is 23.2. The zero-order chi connectivity index (χ0) is 30.8. The van der Waals surface area contributed by atoms with Gasteiger partial charge in [0.05, 0.1) is 29.4 Å². The summed E-state index contributed by atoms with van der Waals surface area (Å²) in [5, 5.41) is 14.1. The van der Waals surface area contributed by atoms with Gasteiger partial charge in [0.15, 0.2) is 11.9 Å². The second-order valence-electron chi connectivity index (χ2n) is 9.45. The molecule has 13 heteroatoms. The van der Waals surface area contributed by atoms with Gasteiger partial charge >= 0.3 is 5.97 Å². The van der Waals surface area contributed by atoms with Crippen molar-refractivity contribution in [2.75, 3.05) is 43.9 Å². The molecular formula is C30H30Cl2N6O5. The molecule has 1 atom stereocenters. The fraction of sp³-hybridized carbons (Fsp3) is 0.233. The van der Waals surface area contributed by atoms with Crippen LogP contribution in [0.4, 0.5) is 11.4 Å². The lowest BCUT2D eigenvalue weighted by molar-refractivity contribution is -0.148. The first-order valence-electron chi connectivity index (χ1n) is 13.4. The first-order chi connectivity index (χ1) is 20.7. The van der Waals surface area contributed by atoms with Crippen LogP contribution < -0.4 is 26.6 Å². The van der Waals surface area contributed by atoms with E-state index in [4.69, 9.17) is 27.9 Å². The number of guanidine groups is 1. The van der Waals surface area contributed by atoms with Gasteiger partial charge in [0.2, 0.25) is 11.8 Å². The number of anilines is 2. The molecule has 3 amide bonds. The number of nitrogens with one attached hydrogen (secondary N) is 5. The van der Waals surface area contributed by atoms with Gasteiger partial charge in [0, 0.05) is 30.9 Å². The molecule has 0 saturated heterocycles. The van der Waals surface area contributed by atoms with E-state index in [2.05, 4.69) is 31.6 Å². The SMILES string of the molecule is COC(=O)[C@@H](CNC(=O)CNC(=O)c1cccc(NC2=NCCCN2)c1)C(=O)Nc1c(Cl)cc(-c2ccccc2)cc1Cl. The Morgan fingerprint density at radius 2 is 1.70 bits per heavy atom. The Labute approximate surface area is 258 Å². The van der Waals surface area contributed by atoms with Crippen LogP contribution in [-0.2, 0) is 19.1 Å². The number of esters is 1. The van der Waals surface area contributed by atoms with Crippen molar-refractivity contribution in [1.29, 1.82) is 0 Å². The quantitative estimate of drug-likeness (QED) is 0.170. The number of benzene rings is 3. The molecule has 0 unspecified atom stereocenters. The molecule has 0 aromatic heterocycles. The van der Waals surface area contributed by atoms with Gasteiger partial charge in [0.1, 0.15) is 0 Å². The highest BCUT2D eigenvalue weighted by molar-refractivity contribution is 6.40. The van der Waals surface area contributed by atoms with E-state index in [1.807, 2.05) is 30.3 Å². The summed E-state index contributed by atoms with van der Waals surface area (Å²) >= 11 is 12.8. The summed E-state index contributed by atoms with van der Waals surface area (Å²) in [6.07, 6.45) is 0.951. The minimum Gasteiger partial charge on any atom is -0.468 e. The van der Waals surface area contributed by atoms with Gasteiger partial charge in [-0.15, -0.1) is 0 Å². The van der Waals surface area contributed by atoms with Crippen molar-refractivity contribution in [3.63, 3.8) is 0 Å².